The Bertz CT molecular complexity index is 893. The van der Waals surface area contributed by atoms with Crippen LogP contribution in [0.4, 0.5) is 5.69 Å². The van der Waals surface area contributed by atoms with Gasteiger partial charge in [-0.2, -0.15) is 0 Å². The van der Waals surface area contributed by atoms with Crippen molar-refractivity contribution in [1.29, 1.82) is 0 Å². The highest BCUT2D eigenvalue weighted by Crippen LogP contribution is 2.25. The van der Waals surface area contributed by atoms with E-state index in [1.807, 2.05) is 0 Å². The van der Waals surface area contributed by atoms with E-state index in [2.05, 4.69) is 10.0 Å². The van der Waals surface area contributed by atoms with Gasteiger partial charge in [0, 0.05) is 16.1 Å². The Balaban J connectivity index is 1.63. The van der Waals surface area contributed by atoms with E-state index in [4.69, 9.17) is 27.9 Å². The van der Waals surface area contributed by atoms with Crippen LogP contribution in [0.3, 0.4) is 0 Å². The van der Waals surface area contributed by atoms with Crippen LogP contribution in [-0.2, 0) is 14.8 Å². The van der Waals surface area contributed by atoms with Crippen molar-refractivity contribution in [3.8, 4) is 5.75 Å². The number of hydrogen-bond donors (Lipinski definition) is 2. The number of ether oxygens (including phenoxy) is 1. The quantitative estimate of drug-likeness (QED) is 0.726. The number of anilines is 1. The fourth-order valence-electron chi connectivity index (χ4n) is 2.19. The molecule has 0 spiro atoms. The summed E-state index contributed by atoms with van der Waals surface area (Å²) in [7, 11) is -3.80. The van der Waals surface area contributed by atoms with Gasteiger partial charge in [0.05, 0.1) is 10.6 Å². The Labute approximate surface area is 161 Å². The lowest BCUT2D eigenvalue weighted by atomic mass is 10.3. The second kappa shape index (κ2) is 7.73. The van der Waals surface area contributed by atoms with Crippen LogP contribution < -0.4 is 14.8 Å². The first kappa shape index (κ1) is 18.8. The minimum Gasteiger partial charge on any atom is -0.484 e. The summed E-state index contributed by atoms with van der Waals surface area (Å²) in [4.78, 5) is 11.6. The lowest BCUT2D eigenvalue weighted by molar-refractivity contribution is -0.123. The first-order valence-corrected chi connectivity index (χ1v) is 10.1. The van der Waals surface area contributed by atoms with Crippen LogP contribution in [-0.4, -0.2) is 27.0 Å². The van der Waals surface area contributed by atoms with E-state index in [-0.39, 0.29) is 29.1 Å². The molecule has 9 heteroatoms. The second-order valence-corrected chi connectivity index (χ2v) is 8.42. The maximum absolute atomic E-state index is 12.4. The molecule has 1 aliphatic rings. The molecular formula is C17H16Cl2N2O4S. The van der Waals surface area contributed by atoms with Gasteiger partial charge in [0.25, 0.3) is 15.9 Å². The lowest BCUT2D eigenvalue weighted by Gasteiger charge is -2.10. The Morgan fingerprint density at radius 1 is 1.08 bits per heavy atom. The van der Waals surface area contributed by atoms with Crippen LogP contribution in [0, 0.1) is 0 Å². The molecule has 0 heterocycles. The molecule has 0 radical (unpaired) electrons. The average Bonchev–Trinajstić information content (AvgIpc) is 3.36. The van der Waals surface area contributed by atoms with E-state index in [1.54, 1.807) is 0 Å². The fourth-order valence-corrected chi connectivity index (χ4v) is 3.75. The smallest absolute Gasteiger partial charge is 0.261 e. The molecule has 1 amide bonds. The van der Waals surface area contributed by atoms with Crippen molar-refractivity contribution >= 4 is 44.8 Å². The molecule has 1 fully saturated rings. The molecule has 0 aliphatic heterocycles. The molecule has 6 nitrogen and oxygen atoms in total. The minimum atomic E-state index is -3.80. The van der Waals surface area contributed by atoms with Crippen LogP contribution in [0.1, 0.15) is 12.8 Å². The zero-order valence-electron chi connectivity index (χ0n) is 13.5. The number of amides is 1. The van der Waals surface area contributed by atoms with Crippen LogP contribution >= 0.6 is 23.2 Å². The van der Waals surface area contributed by atoms with E-state index >= 15 is 0 Å². The van der Waals surface area contributed by atoms with Crippen LogP contribution in [0.25, 0.3) is 0 Å². The number of rotatable bonds is 7. The highest BCUT2D eigenvalue weighted by atomic mass is 35.5. The van der Waals surface area contributed by atoms with Crippen molar-refractivity contribution in [2.24, 2.45) is 0 Å². The third kappa shape index (κ3) is 5.27. The van der Waals surface area contributed by atoms with Crippen molar-refractivity contribution in [3.05, 3.63) is 52.5 Å². The topological polar surface area (TPSA) is 84.5 Å². The summed E-state index contributed by atoms with van der Waals surface area (Å²) in [6.45, 7) is -0.109. The van der Waals surface area contributed by atoms with Crippen molar-refractivity contribution < 1.29 is 17.9 Å². The monoisotopic (exact) mass is 414 g/mol. The van der Waals surface area contributed by atoms with Gasteiger partial charge >= 0.3 is 0 Å². The molecule has 2 N–H and O–H groups in total. The summed E-state index contributed by atoms with van der Waals surface area (Å²) in [5.41, 5.74) is 0.263. The van der Waals surface area contributed by atoms with E-state index in [0.717, 1.165) is 12.8 Å². The fraction of sp³-hybridized carbons (Fsp3) is 0.235. The van der Waals surface area contributed by atoms with Gasteiger partial charge in [-0.05, 0) is 55.3 Å². The molecular weight excluding hydrogens is 399 g/mol. The summed E-state index contributed by atoms with van der Waals surface area (Å²) in [5.74, 6) is 0.212. The Hall–Kier alpha value is -1.96. The molecule has 0 unspecified atom stereocenters. The third-order valence-corrected chi connectivity index (χ3v) is 5.39. The Morgan fingerprint density at radius 3 is 2.27 bits per heavy atom. The molecule has 3 rings (SSSR count). The number of hydrogen-bond acceptors (Lipinski definition) is 4. The highest BCUT2D eigenvalue weighted by molar-refractivity contribution is 7.92. The van der Waals surface area contributed by atoms with Gasteiger partial charge in [0.2, 0.25) is 0 Å². The molecule has 0 saturated heterocycles. The first-order chi connectivity index (χ1) is 12.3. The van der Waals surface area contributed by atoms with Gasteiger partial charge in [0.15, 0.2) is 6.61 Å². The maximum Gasteiger partial charge on any atom is 0.261 e. The molecule has 1 aliphatic carbocycles. The van der Waals surface area contributed by atoms with Gasteiger partial charge < -0.3 is 10.1 Å². The van der Waals surface area contributed by atoms with Crippen molar-refractivity contribution in [1.82, 2.24) is 5.32 Å². The Morgan fingerprint density at radius 2 is 1.69 bits per heavy atom. The summed E-state index contributed by atoms with van der Waals surface area (Å²) in [6.07, 6.45) is 2.01. The van der Waals surface area contributed by atoms with E-state index in [9.17, 15) is 13.2 Å². The largest absolute Gasteiger partial charge is 0.484 e. The number of carbonyl (C=O) groups excluding carboxylic acids is 1. The zero-order chi connectivity index (χ0) is 18.7. The first-order valence-electron chi connectivity index (χ1n) is 7.83. The predicted molar refractivity (Wildman–Crippen MR) is 100 cm³/mol. The third-order valence-electron chi connectivity index (χ3n) is 3.56. The van der Waals surface area contributed by atoms with E-state index in [1.165, 1.54) is 42.5 Å². The highest BCUT2D eigenvalue weighted by Gasteiger charge is 2.23. The summed E-state index contributed by atoms with van der Waals surface area (Å²) >= 11 is 11.7. The SMILES string of the molecule is O=C(COc1ccc(S(=O)(=O)Nc2cc(Cl)cc(Cl)c2)cc1)NC1CC1. The van der Waals surface area contributed by atoms with Crippen molar-refractivity contribution in [2.75, 3.05) is 11.3 Å². The summed E-state index contributed by atoms with van der Waals surface area (Å²) in [5, 5.41) is 3.45. The van der Waals surface area contributed by atoms with Gasteiger partial charge in [-0.25, -0.2) is 8.42 Å². The van der Waals surface area contributed by atoms with Crippen LogP contribution in [0.2, 0.25) is 10.0 Å². The molecule has 2 aromatic carbocycles. The standard InChI is InChI=1S/C17H16Cl2N2O4S/c18-11-7-12(19)9-14(8-11)21-26(23,24)16-5-3-15(4-6-16)25-10-17(22)20-13-1-2-13/h3-9,13,21H,1-2,10H2,(H,20,22). The van der Waals surface area contributed by atoms with Gasteiger partial charge in [-0.3, -0.25) is 9.52 Å². The van der Waals surface area contributed by atoms with Crippen molar-refractivity contribution in [2.45, 2.75) is 23.8 Å². The number of nitrogens with one attached hydrogen (secondary N) is 2. The molecule has 138 valence electrons. The summed E-state index contributed by atoms with van der Waals surface area (Å²) < 4.78 is 32.6. The molecule has 2 aromatic rings. The number of halogens is 2. The van der Waals surface area contributed by atoms with E-state index < -0.39 is 10.0 Å². The van der Waals surface area contributed by atoms with Gasteiger partial charge in [-0.1, -0.05) is 23.2 Å². The minimum absolute atomic E-state index is 0.0448. The number of carbonyl (C=O) groups is 1. The summed E-state index contributed by atoms with van der Waals surface area (Å²) in [6, 6.07) is 10.5. The predicted octanol–water partition coefficient (Wildman–Crippen LogP) is 3.45. The van der Waals surface area contributed by atoms with Gasteiger partial charge in [0.1, 0.15) is 5.75 Å². The molecule has 0 aromatic heterocycles. The zero-order valence-corrected chi connectivity index (χ0v) is 15.9. The second-order valence-electron chi connectivity index (χ2n) is 5.87. The van der Waals surface area contributed by atoms with Gasteiger partial charge in [-0.15, -0.1) is 0 Å². The number of sulfonamides is 1. The maximum atomic E-state index is 12.4. The average molecular weight is 415 g/mol. The van der Waals surface area contributed by atoms with Crippen molar-refractivity contribution in [3.63, 3.8) is 0 Å². The molecule has 1 saturated carbocycles. The molecule has 26 heavy (non-hydrogen) atoms. The lowest BCUT2D eigenvalue weighted by Crippen LogP contribution is -2.30. The Kier molecular flexibility index (Phi) is 5.60. The van der Waals surface area contributed by atoms with Crippen LogP contribution in [0.5, 0.6) is 5.75 Å². The van der Waals surface area contributed by atoms with Crippen LogP contribution in [0.15, 0.2) is 47.4 Å². The number of benzene rings is 2. The normalized spacial score (nSPS) is 13.9. The molecule has 0 atom stereocenters. The molecule has 0 bridgehead atoms. The van der Waals surface area contributed by atoms with E-state index in [0.29, 0.717) is 15.8 Å².